The minimum atomic E-state index is 0.695. The van der Waals surface area contributed by atoms with Crippen LogP contribution in [-0.2, 0) is 5.75 Å². The van der Waals surface area contributed by atoms with E-state index >= 15 is 0 Å². The normalized spacial score (nSPS) is 9.69. The maximum atomic E-state index is 8.77. The molecule has 0 amide bonds. The van der Waals surface area contributed by atoms with Crippen LogP contribution in [0.15, 0.2) is 47.9 Å². The molecule has 0 aliphatic heterocycles. The average molecular weight is 227 g/mol. The topological polar surface area (TPSA) is 49.6 Å². The quantitative estimate of drug-likeness (QED) is 0.597. The molecule has 4 heteroatoms. The van der Waals surface area contributed by atoms with Crippen LogP contribution < -0.4 is 0 Å². The molecule has 0 aliphatic carbocycles. The van der Waals surface area contributed by atoms with Gasteiger partial charge in [0.15, 0.2) is 0 Å². The zero-order valence-electron chi connectivity index (χ0n) is 8.50. The maximum absolute atomic E-state index is 8.77. The lowest BCUT2D eigenvalue weighted by Crippen LogP contribution is -1.84. The number of hydrogen-bond acceptors (Lipinski definition) is 4. The first-order chi connectivity index (χ1) is 7.88. The van der Waals surface area contributed by atoms with Crippen molar-refractivity contribution in [2.45, 2.75) is 10.8 Å². The fourth-order valence-corrected chi connectivity index (χ4v) is 2.02. The standard InChI is InChI=1S/C12H9N3S/c13-7-10-2-1-3-11(6-10)8-16-12-4-5-14-9-15-12/h1-6,9H,8H2. The number of benzene rings is 1. The van der Waals surface area contributed by atoms with E-state index in [1.165, 1.54) is 6.33 Å². The van der Waals surface area contributed by atoms with E-state index in [2.05, 4.69) is 16.0 Å². The molecule has 1 aromatic heterocycles. The van der Waals surface area contributed by atoms with Gasteiger partial charge in [-0.1, -0.05) is 12.1 Å². The van der Waals surface area contributed by atoms with Crippen molar-refractivity contribution in [3.05, 3.63) is 54.0 Å². The van der Waals surface area contributed by atoms with Gasteiger partial charge in [0, 0.05) is 11.9 Å². The van der Waals surface area contributed by atoms with Crippen LogP contribution in [0.4, 0.5) is 0 Å². The molecule has 0 fully saturated rings. The monoisotopic (exact) mass is 227 g/mol. The van der Waals surface area contributed by atoms with Crippen molar-refractivity contribution in [2.24, 2.45) is 0 Å². The Morgan fingerprint density at radius 2 is 2.25 bits per heavy atom. The smallest absolute Gasteiger partial charge is 0.116 e. The number of hydrogen-bond donors (Lipinski definition) is 0. The van der Waals surface area contributed by atoms with Crippen LogP contribution in [0.1, 0.15) is 11.1 Å². The van der Waals surface area contributed by atoms with Gasteiger partial charge in [0.2, 0.25) is 0 Å². The fraction of sp³-hybridized carbons (Fsp3) is 0.0833. The Hall–Kier alpha value is -1.86. The van der Waals surface area contributed by atoms with Gasteiger partial charge < -0.3 is 0 Å². The zero-order valence-corrected chi connectivity index (χ0v) is 9.31. The summed E-state index contributed by atoms with van der Waals surface area (Å²) in [6, 6.07) is 11.6. The molecule has 0 unspecified atom stereocenters. The van der Waals surface area contributed by atoms with Crippen LogP contribution in [-0.4, -0.2) is 9.97 Å². The summed E-state index contributed by atoms with van der Waals surface area (Å²) in [5, 5.41) is 9.71. The molecule has 0 atom stereocenters. The first-order valence-corrected chi connectivity index (χ1v) is 5.75. The van der Waals surface area contributed by atoms with Crippen LogP contribution in [0.3, 0.4) is 0 Å². The van der Waals surface area contributed by atoms with E-state index in [1.807, 2.05) is 24.3 Å². The predicted molar refractivity (Wildman–Crippen MR) is 62.8 cm³/mol. The Morgan fingerprint density at radius 1 is 1.31 bits per heavy atom. The third kappa shape index (κ3) is 2.81. The van der Waals surface area contributed by atoms with Crippen molar-refractivity contribution < 1.29 is 0 Å². The Morgan fingerprint density at radius 3 is 3.00 bits per heavy atom. The maximum Gasteiger partial charge on any atom is 0.116 e. The highest BCUT2D eigenvalue weighted by molar-refractivity contribution is 7.98. The zero-order chi connectivity index (χ0) is 11.2. The first-order valence-electron chi connectivity index (χ1n) is 4.76. The summed E-state index contributed by atoms with van der Waals surface area (Å²) in [6.07, 6.45) is 3.26. The number of thioether (sulfide) groups is 1. The van der Waals surface area contributed by atoms with Gasteiger partial charge in [0.25, 0.3) is 0 Å². The van der Waals surface area contributed by atoms with Gasteiger partial charge in [0.1, 0.15) is 6.33 Å². The second-order valence-corrected chi connectivity index (χ2v) is 4.14. The van der Waals surface area contributed by atoms with E-state index in [-0.39, 0.29) is 0 Å². The second-order valence-electron chi connectivity index (χ2n) is 3.15. The number of aromatic nitrogens is 2. The Bertz CT molecular complexity index is 505. The van der Waals surface area contributed by atoms with Gasteiger partial charge in [0.05, 0.1) is 16.7 Å². The van der Waals surface area contributed by atoms with Gasteiger partial charge in [-0.15, -0.1) is 11.8 Å². The highest BCUT2D eigenvalue weighted by Gasteiger charge is 1.98. The van der Waals surface area contributed by atoms with E-state index in [0.29, 0.717) is 5.56 Å². The molecule has 0 aliphatic rings. The average Bonchev–Trinajstić information content (AvgIpc) is 2.38. The van der Waals surface area contributed by atoms with Gasteiger partial charge in [-0.3, -0.25) is 0 Å². The van der Waals surface area contributed by atoms with E-state index in [0.717, 1.165) is 16.3 Å². The molecule has 3 nitrogen and oxygen atoms in total. The second kappa shape index (κ2) is 5.29. The van der Waals surface area contributed by atoms with Crippen molar-refractivity contribution in [1.82, 2.24) is 9.97 Å². The Balaban J connectivity index is 2.03. The van der Waals surface area contributed by atoms with Crippen LogP contribution in [0.5, 0.6) is 0 Å². The molecule has 78 valence electrons. The molecule has 0 saturated heterocycles. The lowest BCUT2D eigenvalue weighted by molar-refractivity contribution is 1.05. The fourth-order valence-electron chi connectivity index (χ4n) is 1.25. The molecular weight excluding hydrogens is 218 g/mol. The van der Waals surface area contributed by atoms with E-state index < -0.39 is 0 Å². The molecule has 0 bridgehead atoms. The molecule has 2 rings (SSSR count). The molecule has 0 saturated carbocycles. The molecule has 0 radical (unpaired) electrons. The SMILES string of the molecule is N#Cc1cccc(CSc2ccncn2)c1. The lowest BCUT2D eigenvalue weighted by Gasteiger charge is -2.00. The van der Waals surface area contributed by atoms with Gasteiger partial charge in [-0.05, 0) is 23.8 Å². The van der Waals surface area contributed by atoms with Crippen molar-refractivity contribution in [1.29, 1.82) is 5.26 Å². The molecule has 1 aromatic carbocycles. The van der Waals surface area contributed by atoms with Crippen LogP contribution in [0, 0.1) is 11.3 Å². The Kier molecular flexibility index (Phi) is 3.52. The van der Waals surface area contributed by atoms with Gasteiger partial charge >= 0.3 is 0 Å². The van der Waals surface area contributed by atoms with Crippen LogP contribution >= 0.6 is 11.8 Å². The molecule has 0 N–H and O–H groups in total. The highest BCUT2D eigenvalue weighted by Crippen LogP contribution is 2.20. The molecule has 0 spiro atoms. The number of nitriles is 1. The predicted octanol–water partition coefficient (Wildman–Crippen LogP) is 2.64. The Labute approximate surface area is 98.2 Å². The van der Waals surface area contributed by atoms with Gasteiger partial charge in [-0.25, -0.2) is 9.97 Å². The van der Waals surface area contributed by atoms with Crippen molar-refractivity contribution in [3.8, 4) is 6.07 Å². The van der Waals surface area contributed by atoms with E-state index in [9.17, 15) is 0 Å². The van der Waals surface area contributed by atoms with Crippen LogP contribution in [0.25, 0.3) is 0 Å². The van der Waals surface area contributed by atoms with Crippen molar-refractivity contribution >= 4 is 11.8 Å². The highest BCUT2D eigenvalue weighted by atomic mass is 32.2. The summed E-state index contributed by atoms with van der Waals surface area (Å²) in [5.41, 5.74) is 1.82. The van der Waals surface area contributed by atoms with Crippen molar-refractivity contribution in [3.63, 3.8) is 0 Å². The van der Waals surface area contributed by atoms with Gasteiger partial charge in [-0.2, -0.15) is 5.26 Å². The number of rotatable bonds is 3. The summed E-state index contributed by atoms with van der Waals surface area (Å²) in [7, 11) is 0. The third-order valence-electron chi connectivity index (χ3n) is 2.00. The molecular formula is C12H9N3S. The van der Waals surface area contributed by atoms with E-state index in [4.69, 9.17) is 5.26 Å². The summed E-state index contributed by atoms with van der Waals surface area (Å²) >= 11 is 1.63. The molecule has 1 heterocycles. The van der Waals surface area contributed by atoms with E-state index in [1.54, 1.807) is 24.0 Å². The lowest BCUT2D eigenvalue weighted by atomic mass is 10.2. The largest absolute Gasteiger partial charge is 0.245 e. The minimum Gasteiger partial charge on any atom is -0.245 e. The first kappa shape index (κ1) is 10.7. The number of nitrogens with zero attached hydrogens (tertiary/aromatic N) is 3. The summed E-state index contributed by atoms with van der Waals surface area (Å²) in [4.78, 5) is 7.98. The summed E-state index contributed by atoms with van der Waals surface area (Å²) < 4.78 is 0. The summed E-state index contributed by atoms with van der Waals surface area (Å²) in [6.45, 7) is 0. The van der Waals surface area contributed by atoms with Crippen molar-refractivity contribution in [2.75, 3.05) is 0 Å². The molecule has 16 heavy (non-hydrogen) atoms. The third-order valence-corrected chi connectivity index (χ3v) is 3.01. The molecule has 2 aromatic rings. The van der Waals surface area contributed by atoms with Crippen LogP contribution in [0.2, 0.25) is 0 Å². The minimum absolute atomic E-state index is 0.695. The summed E-state index contributed by atoms with van der Waals surface area (Å²) in [5.74, 6) is 0.812.